The molecule has 0 bridgehead atoms. The van der Waals surface area contributed by atoms with Crippen LogP contribution in [-0.4, -0.2) is 17.5 Å². The minimum atomic E-state index is -0.369. The fourth-order valence-corrected chi connectivity index (χ4v) is 2.31. The van der Waals surface area contributed by atoms with Gasteiger partial charge < -0.3 is 15.4 Å². The molecule has 0 aliphatic rings. The Morgan fingerprint density at radius 1 is 1.08 bits per heavy atom. The minimum Gasteiger partial charge on any atom is -0.494 e. The number of nitrogens with one attached hydrogen (secondary N) is 2. The number of amides is 1. The monoisotopic (exact) mass is 351 g/mol. The highest BCUT2D eigenvalue weighted by Gasteiger charge is 2.08. The number of hydrogen-bond donors (Lipinski definition) is 2. The number of halogens is 1. The van der Waals surface area contributed by atoms with Crippen LogP contribution in [0.1, 0.15) is 17.3 Å². The molecular weight excluding hydrogens is 333 g/mol. The first-order valence-corrected chi connectivity index (χ1v) is 8.17. The van der Waals surface area contributed by atoms with Gasteiger partial charge in [-0.1, -0.05) is 12.1 Å². The quantitative estimate of drug-likeness (QED) is 0.680. The summed E-state index contributed by atoms with van der Waals surface area (Å²) in [6.07, 6.45) is 1.44. The van der Waals surface area contributed by atoms with E-state index in [9.17, 15) is 9.18 Å². The number of benzene rings is 2. The number of aromatic nitrogens is 1. The molecule has 0 saturated carbocycles. The van der Waals surface area contributed by atoms with Crippen molar-refractivity contribution in [1.29, 1.82) is 0 Å². The van der Waals surface area contributed by atoms with Crippen molar-refractivity contribution < 1.29 is 13.9 Å². The fourth-order valence-electron chi connectivity index (χ4n) is 2.31. The van der Waals surface area contributed by atoms with Gasteiger partial charge in [0.1, 0.15) is 17.4 Å². The van der Waals surface area contributed by atoms with Crippen molar-refractivity contribution in [3.8, 4) is 5.75 Å². The first-order chi connectivity index (χ1) is 12.7. The first kappa shape index (κ1) is 17.4. The maximum absolute atomic E-state index is 13.6. The molecule has 3 rings (SSSR count). The average Bonchev–Trinajstić information content (AvgIpc) is 2.66. The number of anilines is 3. The number of ether oxygens (including phenoxy) is 1. The van der Waals surface area contributed by atoms with Crippen molar-refractivity contribution in [3.05, 3.63) is 78.2 Å². The Hall–Kier alpha value is -3.41. The minimum absolute atomic E-state index is 0.279. The highest BCUT2D eigenvalue weighted by atomic mass is 19.1. The zero-order valence-electron chi connectivity index (χ0n) is 14.2. The van der Waals surface area contributed by atoms with E-state index in [1.165, 1.54) is 12.3 Å². The van der Waals surface area contributed by atoms with Gasteiger partial charge >= 0.3 is 0 Å². The van der Waals surface area contributed by atoms with E-state index < -0.39 is 0 Å². The van der Waals surface area contributed by atoms with Crippen molar-refractivity contribution in [2.75, 3.05) is 17.2 Å². The normalized spacial score (nSPS) is 10.2. The lowest BCUT2D eigenvalue weighted by Crippen LogP contribution is -2.12. The molecule has 5 nitrogen and oxygen atoms in total. The first-order valence-electron chi connectivity index (χ1n) is 8.17. The number of para-hydroxylation sites is 1. The number of hydrogen-bond acceptors (Lipinski definition) is 4. The molecule has 0 atom stereocenters. The molecule has 1 aromatic heterocycles. The SMILES string of the molecule is CCOc1ccc(NC(=O)c2ccc(Nc3ccccc3F)nc2)cc1. The van der Waals surface area contributed by atoms with E-state index in [2.05, 4.69) is 15.6 Å². The zero-order valence-corrected chi connectivity index (χ0v) is 14.2. The van der Waals surface area contributed by atoms with Crippen LogP contribution in [0.2, 0.25) is 0 Å². The van der Waals surface area contributed by atoms with E-state index in [1.54, 1.807) is 54.6 Å². The second kappa shape index (κ2) is 8.11. The molecule has 0 saturated heterocycles. The summed E-state index contributed by atoms with van der Waals surface area (Å²) in [5.41, 5.74) is 1.39. The van der Waals surface area contributed by atoms with Gasteiger partial charge in [0.05, 0.1) is 17.9 Å². The molecule has 26 heavy (non-hydrogen) atoms. The maximum atomic E-state index is 13.6. The van der Waals surface area contributed by atoms with Gasteiger partial charge in [-0.2, -0.15) is 0 Å². The van der Waals surface area contributed by atoms with Crippen molar-refractivity contribution in [3.63, 3.8) is 0 Å². The Morgan fingerprint density at radius 2 is 1.85 bits per heavy atom. The third-order valence-electron chi connectivity index (χ3n) is 3.59. The topological polar surface area (TPSA) is 63.2 Å². The van der Waals surface area contributed by atoms with Gasteiger partial charge in [-0.25, -0.2) is 9.37 Å². The summed E-state index contributed by atoms with van der Waals surface area (Å²) >= 11 is 0. The predicted octanol–water partition coefficient (Wildman–Crippen LogP) is 4.62. The molecule has 3 aromatic rings. The standard InChI is InChI=1S/C20H18FN3O2/c1-2-26-16-10-8-15(9-11-16)23-20(25)14-7-12-19(22-13-14)24-18-6-4-3-5-17(18)21/h3-13H,2H2,1H3,(H,22,24)(H,23,25). The number of nitrogens with zero attached hydrogens (tertiary/aromatic N) is 1. The van der Waals surface area contributed by atoms with Crippen LogP contribution in [0, 0.1) is 5.82 Å². The van der Waals surface area contributed by atoms with Gasteiger partial charge in [-0.3, -0.25) is 4.79 Å². The summed E-state index contributed by atoms with van der Waals surface area (Å²) < 4.78 is 19.0. The lowest BCUT2D eigenvalue weighted by atomic mass is 10.2. The van der Waals surface area contributed by atoms with Crippen molar-refractivity contribution in [2.45, 2.75) is 6.92 Å². The Morgan fingerprint density at radius 3 is 2.50 bits per heavy atom. The highest BCUT2D eigenvalue weighted by molar-refractivity contribution is 6.04. The van der Waals surface area contributed by atoms with E-state index in [1.807, 2.05) is 6.92 Å². The van der Waals surface area contributed by atoms with Gasteiger partial charge in [-0.15, -0.1) is 0 Å². The van der Waals surface area contributed by atoms with Crippen LogP contribution in [0.5, 0.6) is 5.75 Å². The van der Waals surface area contributed by atoms with Crippen LogP contribution in [0.4, 0.5) is 21.6 Å². The second-order valence-corrected chi connectivity index (χ2v) is 5.45. The van der Waals surface area contributed by atoms with Gasteiger partial charge in [0, 0.05) is 11.9 Å². The van der Waals surface area contributed by atoms with Crippen molar-refractivity contribution in [2.24, 2.45) is 0 Å². The third-order valence-corrected chi connectivity index (χ3v) is 3.59. The molecule has 1 heterocycles. The third kappa shape index (κ3) is 4.36. The zero-order chi connectivity index (χ0) is 18.4. The molecule has 2 aromatic carbocycles. The summed E-state index contributed by atoms with van der Waals surface area (Å²) in [6.45, 7) is 2.50. The predicted molar refractivity (Wildman–Crippen MR) is 99.5 cm³/mol. The molecule has 0 aliphatic carbocycles. The fraction of sp³-hybridized carbons (Fsp3) is 0.100. The summed E-state index contributed by atoms with van der Waals surface area (Å²) in [6, 6.07) is 16.7. The molecule has 0 fully saturated rings. The van der Waals surface area contributed by atoms with Crippen molar-refractivity contribution >= 4 is 23.1 Å². The van der Waals surface area contributed by atoms with Crippen LogP contribution < -0.4 is 15.4 Å². The molecule has 132 valence electrons. The number of pyridine rings is 1. The van der Waals surface area contributed by atoms with Crippen LogP contribution in [-0.2, 0) is 0 Å². The summed E-state index contributed by atoms with van der Waals surface area (Å²) in [7, 11) is 0. The molecule has 2 N–H and O–H groups in total. The Labute approximate surface area is 150 Å². The van der Waals surface area contributed by atoms with Gasteiger partial charge in [0.2, 0.25) is 0 Å². The van der Waals surface area contributed by atoms with Crippen LogP contribution in [0.3, 0.4) is 0 Å². The van der Waals surface area contributed by atoms with Crippen LogP contribution >= 0.6 is 0 Å². The average molecular weight is 351 g/mol. The molecule has 1 amide bonds. The molecule has 0 aliphatic heterocycles. The molecule has 0 spiro atoms. The second-order valence-electron chi connectivity index (χ2n) is 5.45. The molecule has 6 heteroatoms. The Bertz CT molecular complexity index is 880. The number of carbonyl (C=O) groups excluding carboxylic acids is 1. The lowest BCUT2D eigenvalue weighted by Gasteiger charge is -2.09. The summed E-state index contributed by atoms with van der Waals surface area (Å²) in [5, 5.41) is 5.67. The van der Waals surface area contributed by atoms with Crippen LogP contribution in [0.15, 0.2) is 66.9 Å². The molecule has 0 radical (unpaired) electrons. The van der Waals surface area contributed by atoms with E-state index in [0.717, 1.165) is 5.75 Å². The molecule has 0 unspecified atom stereocenters. The van der Waals surface area contributed by atoms with E-state index in [-0.39, 0.29) is 11.7 Å². The number of carbonyl (C=O) groups is 1. The van der Waals surface area contributed by atoms with Gasteiger partial charge in [-0.05, 0) is 55.5 Å². The largest absolute Gasteiger partial charge is 0.494 e. The van der Waals surface area contributed by atoms with E-state index in [0.29, 0.717) is 29.4 Å². The smallest absolute Gasteiger partial charge is 0.257 e. The van der Waals surface area contributed by atoms with E-state index in [4.69, 9.17) is 4.74 Å². The van der Waals surface area contributed by atoms with Crippen LogP contribution in [0.25, 0.3) is 0 Å². The molecular formula is C20H18FN3O2. The number of rotatable bonds is 6. The maximum Gasteiger partial charge on any atom is 0.257 e. The Kier molecular flexibility index (Phi) is 5.43. The van der Waals surface area contributed by atoms with Gasteiger partial charge in [0.15, 0.2) is 0 Å². The Balaban J connectivity index is 1.64. The highest BCUT2D eigenvalue weighted by Crippen LogP contribution is 2.19. The van der Waals surface area contributed by atoms with Gasteiger partial charge in [0.25, 0.3) is 5.91 Å². The summed E-state index contributed by atoms with van der Waals surface area (Å²) in [4.78, 5) is 16.4. The van der Waals surface area contributed by atoms with Crippen molar-refractivity contribution in [1.82, 2.24) is 4.98 Å². The van der Waals surface area contributed by atoms with E-state index >= 15 is 0 Å². The summed E-state index contributed by atoms with van der Waals surface area (Å²) in [5.74, 6) is 0.550. The lowest BCUT2D eigenvalue weighted by molar-refractivity contribution is 0.102.